The van der Waals surface area contributed by atoms with E-state index in [1.165, 1.54) is 0 Å². The summed E-state index contributed by atoms with van der Waals surface area (Å²) in [6, 6.07) is 5.81. The maximum Gasteiger partial charge on any atom is 0.295 e. The highest BCUT2D eigenvalue weighted by Crippen LogP contribution is 2.24. The molecule has 18 heavy (non-hydrogen) atoms. The number of benzene rings is 1. The number of nitrogens with zero attached hydrogens (tertiary/aromatic N) is 1. The summed E-state index contributed by atoms with van der Waals surface area (Å²) in [6.07, 6.45) is 1.36. The van der Waals surface area contributed by atoms with Gasteiger partial charge in [0.15, 0.2) is 5.58 Å². The minimum absolute atomic E-state index is 0.392. The number of nitrogens with one attached hydrogen (secondary N) is 1. The van der Waals surface area contributed by atoms with Gasteiger partial charge in [-0.05, 0) is 25.0 Å². The van der Waals surface area contributed by atoms with E-state index in [1.807, 2.05) is 26.0 Å². The maximum atomic E-state index is 10.2. The lowest BCUT2D eigenvalue weighted by Crippen LogP contribution is -2.35. The smallest absolute Gasteiger partial charge is 0.295 e. The first kappa shape index (κ1) is 12.7. The summed E-state index contributed by atoms with van der Waals surface area (Å²) < 4.78 is 5.52. The van der Waals surface area contributed by atoms with Gasteiger partial charge >= 0.3 is 0 Å². The lowest BCUT2D eigenvalue weighted by Gasteiger charge is -2.24. The molecular weight excluding hydrogens is 230 g/mol. The third-order valence-corrected chi connectivity index (χ3v) is 3.34. The van der Waals surface area contributed by atoms with E-state index < -0.39 is 5.60 Å². The lowest BCUT2D eigenvalue weighted by molar-refractivity contribution is 0.0452. The van der Waals surface area contributed by atoms with Crippen molar-refractivity contribution in [2.75, 3.05) is 17.6 Å². The Labute approximate surface area is 106 Å². The number of nitrogens with two attached hydrogens (primary N) is 1. The van der Waals surface area contributed by atoms with Crippen molar-refractivity contribution in [3.05, 3.63) is 18.2 Å². The van der Waals surface area contributed by atoms with Crippen LogP contribution in [0.2, 0.25) is 0 Å². The quantitative estimate of drug-likeness (QED) is 0.708. The van der Waals surface area contributed by atoms with Gasteiger partial charge < -0.3 is 20.6 Å². The molecule has 0 bridgehead atoms. The van der Waals surface area contributed by atoms with Gasteiger partial charge in [0.2, 0.25) is 0 Å². The molecule has 0 spiro atoms. The van der Waals surface area contributed by atoms with E-state index >= 15 is 0 Å². The molecule has 1 aromatic carbocycles. The van der Waals surface area contributed by atoms with Crippen LogP contribution in [0.3, 0.4) is 0 Å². The standard InChI is InChI=1S/C13H19N3O2/c1-3-13(17,4-2)8-15-12-16-11-9(14)6-5-7-10(11)18-12/h5-7,17H,3-4,8,14H2,1-2H3,(H,15,16). The number of fused-ring (bicyclic) bond motifs is 1. The summed E-state index contributed by atoms with van der Waals surface area (Å²) >= 11 is 0. The molecule has 1 heterocycles. The van der Waals surface area contributed by atoms with Gasteiger partial charge in [-0.25, -0.2) is 0 Å². The molecule has 98 valence electrons. The normalized spacial score (nSPS) is 11.9. The van der Waals surface area contributed by atoms with Crippen molar-refractivity contribution in [1.82, 2.24) is 4.98 Å². The number of para-hydroxylation sites is 1. The second kappa shape index (κ2) is 4.86. The number of rotatable bonds is 5. The van der Waals surface area contributed by atoms with Gasteiger partial charge in [-0.3, -0.25) is 0 Å². The van der Waals surface area contributed by atoms with Gasteiger partial charge in [-0.1, -0.05) is 19.9 Å². The minimum Gasteiger partial charge on any atom is -0.423 e. The van der Waals surface area contributed by atoms with Crippen molar-refractivity contribution >= 4 is 22.8 Å². The molecule has 5 nitrogen and oxygen atoms in total. The van der Waals surface area contributed by atoms with Crippen molar-refractivity contribution in [3.63, 3.8) is 0 Å². The summed E-state index contributed by atoms with van der Waals surface area (Å²) in [7, 11) is 0. The summed E-state index contributed by atoms with van der Waals surface area (Å²) in [4.78, 5) is 4.27. The van der Waals surface area contributed by atoms with Crippen LogP contribution >= 0.6 is 0 Å². The van der Waals surface area contributed by atoms with Crippen LogP contribution in [-0.2, 0) is 0 Å². The monoisotopic (exact) mass is 249 g/mol. The van der Waals surface area contributed by atoms with E-state index in [4.69, 9.17) is 10.2 Å². The first-order chi connectivity index (χ1) is 8.58. The number of aromatic nitrogens is 1. The zero-order chi connectivity index (χ0) is 13.2. The summed E-state index contributed by atoms with van der Waals surface area (Å²) in [6.45, 7) is 4.32. The molecule has 4 N–H and O–H groups in total. The molecule has 2 rings (SSSR count). The molecule has 0 atom stereocenters. The van der Waals surface area contributed by atoms with Crippen molar-refractivity contribution in [2.24, 2.45) is 0 Å². The van der Waals surface area contributed by atoms with Crippen LogP contribution < -0.4 is 11.1 Å². The van der Waals surface area contributed by atoms with Crippen molar-refractivity contribution < 1.29 is 9.52 Å². The Morgan fingerprint density at radius 2 is 2.11 bits per heavy atom. The van der Waals surface area contributed by atoms with E-state index in [9.17, 15) is 5.11 Å². The van der Waals surface area contributed by atoms with E-state index in [-0.39, 0.29) is 0 Å². The number of hydrogen-bond acceptors (Lipinski definition) is 5. The largest absolute Gasteiger partial charge is 0.423 e. The van der Waals surface area contributed by atoms with Crippen LogP contribution in [0.5, 0.6) is 0 Å². The average Bonchev–Trinajstić information content (AvgIpc) is 2.81. The van der Waals surface area contributed by atoms with E-state index in [0.717, 1.165) is 0 Å². The van der Waals surface area contributed by atoms with E-state index in [2.05, 4.69) is 10.3 Å². The highest BCUT2D eigenvalue weighted by molar-refractivity contribution is 5.86. The summed E-state index contributed by atoms with van der Waals surface area (Å²) in [5.74, 6) is 0. The van der Waals surface area contributed by atoms with Gasteiger partial charge in [0.1, 0.15) is 5.52 Å². The molecule has 0 aliphatic carbocycles. The second-order valence-electron chi connectivity index (χ2n) is 4.50. The summed E-state index contributed by atoms with van der Waals surface area (Å²) in [5, 5.41) is 13.2. The van der Waals surface area contributed by atoms with Crippen molar-refractivity contribution in [2.45, 2.75) is 32.3 Å². The van der Waals surface area contributed by atoms with Crippen molar-refractivity contribution in [3.8, 4) is 0 Å². The Bertz CT molecular complexity index is 532. The highest BCUT2D eigenvalue weighted by atomic mass is 16.4. The number of aliphatic hydroxyl groups is 1. The number of anilines is 2. The van der Waals surface area contributed by atoms with Crippen LogP contribution in [-0.4, -0.2) is 22.2 Å². The van der Waals surface area contributed by atoms with Gasteiger partial charge in [-0.15, -0.1) is 0 Å². The van der Waals surface area contributed by atoms with Crippen molar-refractivity contribution in [1.29, 1.82) is 0 Å². The van der Waals surface area contributed by atoms with Gasteiger partial charge in [-0.2, -0.15) is 4.98 Å². The number of nitrogen functional groups attached to an aromatic ring is 1. The minimum atomic E-state index is -0.730. The van der Waals surface area contributed by atoms with Crippen LogP contribution in [0.25, 0.3) is 11.1 Å². The molecule has 0 amide bonds. The Morgan fingerprint density at radius 3 is 2.72 bits per heavy atom. The second-order valence-corrected chi connectivity index (χ2v) is 4.50. The molecule has 0 fully saturated rings. The van der Waals surface area contributed by atoms with Crippen LogP contribution in [0.1, 0.15) is 26.7 Å². The third kappa shape index (κ3) is 2.41. The molecule has 0 aliphatic rings. The topological polar surface area (TPSA) is 84.3 Å². The molecule has 5 heteroatoms. The number of hydrogen-bond donors (Lipinski definition) is 3. The average molecular weight is 249 g/mol. The molecule has 1 aromatic heterocycles. The predicted octanol–water partition coefficient (Wildman–Crippen LogP) is 2.37. The molecule has 0 saturated heterocycles. The highest BCUT2D eigenvalue weighted by Gasteiger charge is 2.22. The van der Waals surface area contributed by atoms with E-state index in [0.29, 0.717) is 42.2 Å². The predicted molar refractivity (Wildman–Crippen MR) is 72.4 cm³/mol. The van der Waals surface area contributed by atoms with Gasteiger partial charge in [0.05, 0.1) is 11.3 Å². The van der Waals surface area contributed by atoms with Crippen LogP contribution in [0.4, 0.5) is 11.7 Å². The molecule has 0 aliphatic heterocycles. The Balaban J connectivity index is 2.15. The molecule has 0 saturated carbocycles. The Kier molecular flexibility index (Phi) is 3.43. The summed E-state index contributed by atoms with van der Waals surface area (Å²) in [5.41, 5.74) is 6.96. The molecule has 2 aromatic rings. The number of oxazole rings is 1. The lowest BCUT2D eigenvalue weighted by atomic mass is 9.98. The molecular formula is C13H19N3O2. The van der Waals surface area contributed by atoms with E-state index in [1.54, 1.807) is 6.07 Å². The SMILES string of the molecule is CCC(O)(CC)CNc1nc2c(N)cccc2o1. The fourth-order valence-corrected chi connectivity index (χ4v) is 1.79. The zero-order valence-electron chi connectivity index (χ0n) is 10.7. The van der Waals surface area contributed by atoms with Crippen LogP contribution in [0.15, 0.2) is 22.6 Å². The third-order valence-electron chi connectivity index (χ3n) is 3.34. The first-order valence-electron chi connectivity index (χ1n) is 6.19. The zero-order valence-corrected chi connectivity index (χ0v) is 10.7. The van der Waals surface area contributed by atoms with Gasteiger partial charge in [0.25, 0.3) is 6.01 Å². The fraction of sp³-hybridized carbons (Fsp3) is 0.462. The van der Waals surface area contributed by atoms with Gasteiger partial charge in [0, 0.05) is 6.54 Å². The maximum absolute atomic E-state index is 10.2. The Morgan fingerprint density at radius 1 is 1.39 bits per heavy atom. The van der Waals surface area contributed by atoms with Crippen LogP contribution in [0, 0.1) is 0 Å². The first-order valence-corrected chi connectivity index (χ1v) is 6.19. The Hall–Kier alpha value is -1.75. The molecule has 0 radical (unpaired) electrons. The molecule has 0 unspecified atom stereocenters. The fourth-order valence-electron chi connectivity index (χ4n) is 1.79.